The summed E-state index contributed by atoms with van der Waals surface area (Å²) in [5, 5.41) is 3.25. The lowest BCUT2D eigenvalue weighted by Gasteiger charge is -2.25. The Morgan fingerprint density at radius 1 is 1.22 bits per heavy atom. The minimum absolute atomic E-state index is 0.0637. The van der Waals surface area contributed by atoms with E-state index in [4.69, 9.17) is 23.2 Å². The van der Waals surface area contributed by atoms with Crippen LogP contribution in [0, 0.1) is 5.92 Å². The highest BCUT2D eigenvalue weighted by Crippen LogP contribution is 2.34. The zero-order valence-corrected chi connectivity index (χ0v) is 15.8. The number of hydrogen-bond donors (Lipinski definition) is 1. The zero-order valence-electron chi connectivity index (χ0n) is 13.5. The number of sulfonamides is 1. The van der Waals surface area contributed by atoms with Gasteiger partial charge < -0.3 is 5.32 Å². The second-order valence-corrected chi connectivity index (χ2v) is 7.93. The number of para-hydroxylation sites is 1. The van der Waals surface area contributed by atoms with E-state index >= 15 is 0 Å². The van der Waals surface area contributed by atoms with Crippen molar-refractivity contribution in [2.45, 2.75) is 26.7 Å². The maximum absolute atomic E-state index is 12.1. The molecule has 0 saturated carbocycles. The van der Waals surface area contributed by atoms with Gasteiger partial charge in [0.2, 0.25) is 15.9 Å². The van der Waals surface area contributed by atoms with Crippen LogP contribution in [0.5, 0.6) is 0 Å². The first-order valence-corrected chi connectivity index (χ1v) is 10.0. The van der Waals surface area contributed by atoms with Crippen molar-refractivity contribution in [3.05, 3.63) is 28.2 Å². The lowest BCUT2D eigenvalue weighted by Crippen LogP contribution is -2.40. The average Bonchev–Trinajstić information content (AvgIpc) is 2.45. The molecule has 1 rings (SSSR count). The smallest absolute Gasteiger partial charge is 0.232 e. The van der Waals surface area contributed by atoms with Crippen LogP contribution in [-0.2, 0) is 14.8 Å². The minimum Gasteiger partial charge on any atom is -0.354 e. The first kappa shape index (κ1) is 20.1. The standard InChI is InChI=1S/C15H22Cl2N2O3S/c1-4-11(5-2)15(20)18-9-10-19(23(3,21)22)14-12(16)7-6-8-13(14)17/h6-8,11H,4-5,9-10H2,1-3H3,(H,18,20). The van der Waals surface area contributed by atoms with Crippen molar-refractivity contribution in [3.8, 4) is 0 Å². The number of carbonyl (C=O) groups excluding carboxylic acids is 1. The van der Waals surface area contributed by atoms with Gasteiger partial charge in [-0.3, -0.25) is 9.10 Å². The van der Waals surface area contributed by atoms with Gasteiger partial charge in [0, 0.05) is 12.5 Å². The number of halogens is 2. The Bertz CT molecular complexity index is 626. The molecule has 0 bridgehead atoms. The van der Waals surface area contributed by atoms with Crippen molar-refractivity contribution in [1.82, 2.24) is 5.32 Å². The summed E-state index contributed by atoms with van der Waals surface area (Å²) >= 11 is 12.2. The second kappa shape index (κ2) is 8.76. The predicted octanol–water partition coefficient (Wildman–Crippen LogP) is 3.31. The summed E-state index contributed by atoms with van der Waals surface area (Å²) in [7, 11) is -3.58. The molecular weight excluding hydrogens is 359 g/mol. The molecule has 0 aliphatic heterocycles. The molecule has 8 heteroatoms. The van der Waals surface area contributed by atoms with Crippen LogP contribution in [0.2, 0.25) is 10.0 Å². The summed E-state index contributed by atoms with van der Waals surface area (Å²) in [6, 6.07) is 4.79. The first-order chi connectivity index (χ1) is 10.7. The Balaban J connectivity index is 2.89. The second-order valence-electron chi connectivity index (χ2n) is 5.21. The molecule has 0 heterocycles. The van der Waals surface area contributed by atoms with E-state index < -0.39 is 10.0 Å². The van der Waals surface area contributed by atoms with Crippen LogP contribution < -0.4 is 9.62 Å². The number of carbonyl (C=O) groups is 1. The van der Waals surface area contributed by atoms with E-state index in [1.807, 2.05) is 13.8 Å². The van der Waals surface area contributed by atoms with Crippen molar-refractivity contribution >= 4 is 44.8 Å². The van der Waals surface area contributed by atoms with Gasteiger partial charge in [0.1, 0.15) is 0 Å². The van der Waals surface area contributed by atoms with Gasteiger partial charge in [0.25, 0.3) is 0 Å². The van der Waals surface area contributed by atoms with E-state index in [1.165, 1.54) is 0 Å². The molecule has 0 radical (unpaired) electrons. The quantitative estimate of drug-likeness (QED) is 0.751. The van der Waals surface area contributed by atoms with Crippen LogP contribution in [0.25, 0.3) is 0 Å². The predicted molar refractivity (Wildman–Crippen MR) is 95.7 cm³/mol. The third-order valence-electron chi connectivity index (χ3n) is 3.56. The number of rotatable bonds is 8. The van der Waals surface area contributed by atoms with Crippen molar-refractivity contribution in [2.75, 3.05) is 23.7 Å². The van der Waals surface area contributed by atoms with Crippen molar-refractivity contribution < 1.29 is 13.2 Å². The fourth-order valence-electron chi connectivity index (χ4n) is 2.26. The highest BCUT2D eigenvalue weighted by atomic mass is 35.5. The third kappa shape index (κ3) is 5.55. The maximum Gasteiger partial charge on any atom is 0.232 e. The summed E-state index contributed by atoms with van der Waals surface area (Å²) in [6.45, 7) is 4.14. The van der Waals surface area contributed by atoms with E-state index in [1.54, 1.807) is 18.2 Å². The number of anilines is 1. The molecule has 0 aliphatic rings. The van der Waals surface area contributed by atoms with Gasteiger partial charge >= 0.3 is 0 Å². The van der Waals surface area contributed by atoms with Crippen molar-refractivity contribution in [2.24, 2.45) is 5.92 Å². The Morgan fingerprint density at radius 3 is 2.17 bits per heavy atom. The molecule has 5 nitrogen and oxygen atoms in total. The lowest BCUT2D eigenvalue weighted by molar-refractivity contribution is -0.125. The fourth-order valence-corrected chi connectivity index (χ4v) is 3.91. The number of nitrogens with one attached hydrogen (secondary N) is 1. The maximum atomic E-state index is 12.1. The SMILES string of the molecule is CCC(CC)C(=O)NCCN(c1c(Cl)cccc1Cl)S(C)(=O)=O. The summed E-state index contributed by atoms with van der Waals surface area (Å²) < 4.78 is 25.2. The monoisotopic (exact) mass is 380 g/mol. The molecule has 1 amide bonds. The average molecular weight is 381 g/mol. The molecule has 1 aromatic rings. The topological polar surface area (TPSA) is 66.5 Å². The highest BCUT2D eigenvalue weighted by molar-refractivity contribution is 7.92. The molecule has 0 atom stereocenters. The van der Waals surface area contributed by atoms with Crippen LogP contribution >= 0.6 is 23.2 Å². The van der Waals surface area contributed by atoms with Crippen LogP contribution in [0.15, 0.2) is 18.2 Å². The highest BCUT2D eigenvalue weighted by Gasteiger charge is 2.23. The molecule has 0 aliphatic carbocycles. The van der Waals surface area contributed by atoms with Gasteiger partial charge in [-0.15, -0.1) is 0 Å². The molecule has 0 unspecified atom stereocenters. The molecule has 1 N–H and O–H groups in total. The molecular formula is C15H22Cl2N2O3S. The molecule has 0 spiro atoms. The van der Waals surface area contributed by atoms with E-state index in [9.17, 15) is 13.2 Å². The van der Waals surface area contributed by atoms with Gasteiger partial charge in [-0.05, 0) is 25.0 Å². The van der Waals surface area contributed by atoms with E-state index in [0.717, 1.165) is 23.4 Å². The minimum atomic E-state index is -3.58. The van der Waals surface area contributed by atoms with E-state index in [2.05, 4.69) is 5.32 Å². The number of nitrogens with zero attached hydrogens (tertiary/aromatic N) is 1. The Kier molecular flexibility index (Phi) is 7.64. The third-order valence-corrected chi connectivity index (χ3v) is 5.33. The van der Waals surface area contributed by atoms with Gasteiger partial charge in [0.15, 0.2) is 0 Å². The summed E-state index contributed by atoms with van der Waals surface area (Å²) in [4.78, 5) is 12.0. The van der Waals surface area contributed by atoms with Gasteiger partial charge in [0.05, 0.1) is 28.5 Å². The molecule has 0 aromatic heterocycles. The lowest BCUT2D eigenvalue weighted by atomic mass is 10.0. The molecule has 1 aromatic carbocycles. The van der Waals surface area contributed by atoms with Crippen molar-refractivity contribution in [1.29, 1.82) is 0 Å². The Hall–Kier alpha value is -0.980. The normalized spacial score (nSPS) is 11.6. The summed E-state index contributed by atoms with van der Waals surface area (Å²) in [5.41, 5.74) is 0.232. The molecule has 23 heavy (non-hydrogen) atoms. The largest absolute Gasteiger partial charge is 0.354 e. The van der Waals surface area contributed by atoms with Crippen LogP contribution in [0.3, 0.4) is 0 Å². The van der Waals surface area contributed by atoms with Crippen LogP contribution in [0.1, 0.15) is 26.7 Å². The van der Waals surface area contributed by atoms with Crippen LogP contribution in [0.4, 0.5) is 5.69 Å². The Labute approximate surface area is 148 Å². The molecule has 0 saturated heterocycles. The fraction of sp³-hybridized carbons (Fsp3) is 0.533. The number of benzene rings is 1. The van der Waals surface area contributed by atoms with E-state index in [-0.39, 0.29) is 40.6 Å². The number of amides is 1. The van der Waals surface area contributed by atoms with Crippen LogP contribution in [-0.4, -0.2) is 33.7 Å². The Morgan fingerprint density at radius 2 is 1.74 bits per heavy atom. The zero-order chi connectivity index (χ0) is 17.6. The summed E-state index contributed by atoms with van der Waals surface area (Å²) in [6.07, 6.45) is 2.57. The van der Waals surface area contributed by atoms with E-state index in [0.29, 0.717) is 0 Å². The van der Waals surface area contributed by atoms with Crippen molar-refractivity contribution in [3.63, 3.8) is 0 Å². The molecule has 130 valence electrons. The summed E-state index contributed by atoms with van der Waals surface area (Å²) in [5.74, 6) is -0.140. The van der Waals surface area contributed by atoms with Gasteiger partial charge in [-0.2, -0.15) is 0 Å². The first-order valence-electron chi connectivity index (χ1n) is 7.41. The molecule has 0 fully saturated rings. The van der Waals surface area contributed by atoms with Gasteiger partial charge in [-0.1, -0.05) is 43.1 Å². The number of hydrogen-bond acceptors (Lipinski definition) is 3. The van der Waals surface area contributed by atoms with Gasteiger partial charge in [-0.25, -0.2) is 8.42 Å².